The van der Waals surface area contributed by atoms with Crippen molar-refractivity contribution in [1.29, 1.82) is 0 Å². The van der Waals surface area contributed by atoms with Gasteiger partial charge in [0.05, 0.1) is 13.2 Å². The van der Waals surface area contributed by atoms with E-state index in [0.717, 1.165) is 0 Å². The van der Waals surface area contributed by atoms with Gasteiger partial charge in [-0.3, -0.25) is 14.6 Å². The summed E-state index contributed by atoms with van der Waals surface area (Å²) in [5.74, 6) is -0.537. The molecule has 1 aromatic rings. The summed E-state index contributed by atoms with van der Waals surface area (Å²) in [5, 5.41) is 3.24. The molecule has 1 N–H and O–H groups in total. The summed E-state index contributed by atoms with van der Waals surface area (Å²) in [6.07, 6.45) is 1.47. The molecule has 1 atom stereocenters. The fourth-order valence-corrected chi connectivity index (χ4v) is 2.27. The number of aromatic nitrogens is 1. The van der Waals surface area contributed by atoms with Gasteiger partial charge in [0.15, 0.2) is 0 Å². The van der Waals surface area contributed by atoms with Crippen LogP contribution < -0.4 is 5.32 Å². The molecule has 1 aliphatic heterocycles. The maximum atomic E-state index is 12.5. The summed E-state index contributed by atoms with van der Waals surface area (Å²) in [5.41, 5.74) is 0.228. The molecule has 21 heavy (non-hydrogen) atoms. The van der Waals surface area contributed by atoms with Gasteiger partial charge in [0, 0.05) is 23.8 Å². The first-order valence-corrected chi connectivity index (χ1v) is 7.17. The number of rotatable bonds is 3. The minimum atomic E-state index is -0.644. The quantitative estimate of drug-likeness (QED) is 0.907. The Bertz CT molecular complexity index is 536. The van der Waals surface area contributed by atoms with Crippen LogP contribution >= 0.6 is 11.6 Å². The second-order valence-corrected chi connectivity index (χ2v) is 5.55. The van der Waals surface area contributed by atoms with E-state index in [-0.39, 0.29) is 30.2 Å². The highest BCUT2D eigenvalue weighted by molar-refractivity contribution is 6.30. The number of hydrogen-bond donors (Lipinski definition) is 1. The standard InChI is InChI=1S/C14H18ClN3O3/c1-9(2)17-13(19)12-8-21-6-5-18(12)14(20)11-7-10(15)3-4-16-11/h3-4,7,9,12H,5-6,8H2,1-2H3,(H,17,19). The van der Waals surface area contributed by atoms with Gasteiger partial charge in [0.25, 0.3) is 5.91 Å². The van der Waals surface area contributed by atoms with Crippen molar-refractivity contribution in [2.45, 2.75) is 25.9 Å². The third-order valence-electron chi connectivity index (χ3n) is 3.06. The molecule has 0 aromatic carbocycles. The van der Waals surface area contributed by atoms with Crippen LogP contribution in [0.3, 0.4) is 0 Å². The molecule has 7 heteroatoms. The van der Waals surface area contributed by atoms with E-state index in [1.54, 1.807) is 6.07 Å². The van der Waals surface area contributed by atoms with Gasteiger partial charge < -0.3 is 15.0 Å². The van der Waals surface area contributed by atoms with E-state index in [0.29, 0.717) is 18.2 Å². The van der Waals surface area contributed by atoms with E-state index in [9.17, 15) is 9.59 Å². The molecule has 1 fully saturated rings. The highest BCUT2D eigenvalue weighted by Crippen LogP contribution is 2.14. The predicted octanol–water partition coefficient (Wildman–Crippen LogP) is 1.10. The molecular formula is C14H18ClN3O3. The van der Waals surface area contributed by atoms with Crippen LogP contribution in [0.5, 0.6) is 0 Å². The molecular weight excluding hydrogens is 294 g/mol. The number of amides is 2. The van der Waals surface area contributed by atoms with Crippen LogP contribution in [0.25, 0.3) is 0 Å². The second kappa shape index (κ2) is 6.87. The first-order valence-electron chi connectivity index (χ1n) is 6.79. The lowest BCUT2D eigenvalue weighted by Crippen LogP contribution is -2.56. The van der Waals surface area contributed by atoms with Crippen LogP contribution in [0.15, 0.2) is 18.3 Å². The summed E-state index contributed by atoms with van der Waals surface area (Å²) in [6, 6.07) is 2.45. The maximum Gasteiger partial charge on any atom is 0.273 e. The van der Waals surface area contributed by atoms with Crippen molar-refractivity contribution in [1.82, 2.24) is 15.2 Å². The van der Waals surface area contributed by atoms with Crippen molar-refractivity contribution in [2.75, 3.05) is 19.8 Å². The van der Waals surface area contributed by atoms with Crippen molar-refractivity contribution in [3.8, 4) is 0 Å². The van der Waals surface area contributed by atoms with Gasteiger partial charge >= 0.3 is 0 Å². The Labute approximate surface area is 128 Å². The Hall–Kier alpha value is -1.66. The van der Waals surface area contributed by atoms with Crippen molar-refractivity contribution in [3.05, 3.63) is 29.0 Å². The van der Waals surface area contributed by atoms with Crippen LogP contribution in [0.4, 0.5) is 0 Å². The second-order valence-electron chi connectivity index (χ2n) is 5.11. The fourth-order valence-electron chi connectivity index (χ4n) is 2.11. The van der Waals surface area contributed by atoms with Gasteiger partial charge in [-0.1, -0.05) is 11.6 Å². The van der Waals surface area contributed by atoms with Crippen LogP contribution in [0.1, 0.15) is 24.3 Å². The Morgan fingerprint density at radius 1 is 1.52 bits per heavy atom. The number of morpholine rings is 1. The first kappa shape index (κ1) is 15.7. The van der Waals surface area contributed by atoms with Crippen molar-refractivity contribution in [3.63, 3.8) is 0 Å². The van der Waals surface area contributed by atoms with Gasteiger partial charge in [-0.05, 0) is 26.0 Å². The molecule has 1 unspecified atom stereocenters. The molecule has 2 rings (SSSR count). The van der Waals surface area contributed by atoms with E-state index in [2.05, 4.69) is 10.3 Å². The zero-order valence-corrected chi connectivity index (χ0v) is 12.8. The van der Waals surface area contributed by atoms with Crippen molar-refractivity contribution in [2.24, 2.45) is 0 Å². The summed E-state index contributed by atoms with van der Waals surface area (Å²) < 4.78 is 5.32. The third-order valence-corrected chi connectivity index (χ3v) is 3.30. The van der Waals surface area contributed by atoms with Crippen molar-refractivity contribution >= 4 is 23.4 Å². The van der Waals surface area contributed by atoms with Gasteiger partial charge in [0.2, 0.25) is 5.91 Å². The number of nitrogens with zero attached hydrogens (tertiary/aromatic N) is 2. The van der Waals surface area contributed by atoms with Crippen LogP contribution in [0, 0.1) is 0 Å². The molecule has 0 radical (unpaired) electrons. The molecule has 1 aromatic heterocycles. The van der Waals surface area contributed by atoms with Gasteiger partial charge in [-0.25, -0.2) is 0 Å². The number of halogens is 1. The molecule has 1 aliphatic rings. The third kappa shape index (κ3) is 3.92. The lowest BCUT2D eigenvalue weighted by molar-refractivity contribution is -0.131. The van der Waals surface area contributed by atoms with E-state index < -0.39 is 6.04 Å². The monoisotopic (exact) mass is 311 g/mol. The van der Waals surface area contributed by atoms with E-state index >= 15 is 0 Å². The average Bonchev–Trinajstić information content (AvgIpc) is 2.46. The lowest BCUT2D eigenvalue weighted by Gasteiger charge is -2.34. The minimum Gasteiger partial charge on any atom is -0.377 e. The summed E-state index contributed by atoms with van der Waals surface area (Å²) in [6.45, 7) is 4.67. The van der Waals surface area contributed by atoms with Gasteiger partial charge in [-0.15, -0.1) is 0 Å². The topological polar surface area (TPSA) is 71.5 Å². The Kier molecular flexibility index (Phi) is 5.14. The van der Waals surface area contributed by atoms with Gasteiger partial charge in [-0.2, -0.15) is 0 Å². The Morgan fingerprint density at radius 3 is 2.95 bits per heavy atom. The molecule has 6 nitrogen and oxygen atoms in total. The molecule has 114 valence electrons. The zero-order valence-electron chi connectivity index (χ0n) is 12.0. The summed E-state index contributed by atoms with van der Waals surface area (Å²) in [7, 11) is 0. The highest BCUT2D eigenvalue weighted by atomic mass is 35.5. The van der Waals surface area contributed by atoms with Crippen LogP contribution in [-0.2, 0) is 9.53 Å². The average molecular weight is 312 g/mol. The first-order chi connectivity index (χ1) is 9.99. The zero-order chi connectivity index (χ0) is 15.4. The smallest absolute Gasteiger partial charge is 0.273 e. The predicted molar refractivity (Wildman–Crippen MR) is 78.2 cm³/mol. The molecule has 0 spiro atoms. The Balaban J connectivity index is 2.18. The molecule has 2 amide bonds. The number of pyridine rings is 1. The summed E-state index contributed by atoms with van der Waals surface area (Å²) in [4.78, 5) is 30.2. The molecule has 1 saturated heterocycles. The van der Waals surface area contributed by atoms with Gasteiger partial charge in [0.1, 0.15) is 11.7 Å². The summed E-state index contributed by atoms with van der Waals surface area (Å²) >= 11 is 5.88. The van der Waals surface area contributed by atoms with Crippen LogP contribution in [0.2, 0.25) is 5.02 Å². The highest BCUT2D eigenvalue weighted by Gasteiger charge is 2.34. The number of nitrogens with one attached hydrogen (secondary N) is 1. The Morgan fingerprint density at radius 2 is 2.29 bits per heavy atom. The minimum absolute atomic E-state index is 0.000623. The fraction of sp³-hybridized carbons (Fsp3) is 0.500. The lowest BCUT2D eigenvalue weighted by atomic mass is 10.1. The largest absolute Gasteiger partial charge is 0.377 e. The molecule has 0 bridgehead atoms. The van der Waals surface area contributed by atoms with E-state index in [4.69, 9.17) is 16.3 Å². The van der Waals surface area contributed by atoms with Crippen LogP contribution in [-0.4, -0.2) is 53.5 Å². The molecule has 0 aliphatic carbocycles. The maximum absolute atomic E-state index is 12.5. The number of ether oxygens (including phenoxy) is 1. The normalized spacial score (nSPS) is 18.7. The number of carbonyl (C=O) groups is 2. The van der Waals surface area contributed by atoms with E-state index in [1.807, 2.05) is 13.8 Å². The molecule has 0 saturated carbocycles. The van der Waals surface area contributed by atoms with Crippen molar-refractivity contribution < 1.29 is 14.3 Å². The molecule has 2 heterocycles. The SMILES string of the molecule is CC(C)NC(=O)C1COCCN1C(=O)c1cc(Cl)ccn1. The number of carbonyl (C=O) groups excluding carboxylic acids is 2. The number of hydrogen-bond acceptors (Lipinski definition) is 4. The van der Waals surface area contributed by atoms with E-state index in [1.165, 1.54) is 17.2 Å².